The third-order valence-electron chi connectivity index (χ3n) is 14.0. The molecular formula is C61H118O17P2. The van der Waals surface area contributed by atoms with E-state index in [2.05, 4.69) is 34.6 Å². The summed E-state index contributed by atoms with van der Waals surface area (Å²) in [6, 6.07) is 0. The standard InChI is InChI=1S/C61H118O17P2/c1-6-9-12-15-18-21-22-26-31-35-40-45-59(64)72-51-57(78-61(66)47-42-37-32-27-24-23-25-28-33-38-43-54(4)5)53-76-80(69,70)74-49-55(62)48-73-79(67,68)75-52-56(77-60(65)46-41-36-30-20-17-14-11-8-3)50-71-58(63)44-39-34-29-19-16-13-10-7-2/h54-57,62H,6-53H2,1-5H3,(H,67,68)(H,69,70)/t55-,56+,57+/m0/s1. The van der Waals surface area contributed by atoms with Gasteiger partial charge in [0.1, 0.15) is 19.3 Å². The summed E-state index contributed by atoms with van der Waals surface area (Å²) in [4.78, 5) is 71.9. The van der Waals surface area contributed by atoms with Crippen molar-refractivity contribution in [1.29, 1.82) is 0 Å². The molecule has 0 heterocycles. The lowest BCUT2D eigenvalue weighted by Crippen LogP contribution is -2.30. The van der Waals surface area contributed by atoms with Crippen LogP contribution in [0.4, 0.5) is 0 Å². The van der Waals surface area contributed by atoms with Crippen molar-refractivity contribution in [3.05, 3.63) is 0 Å². The minimum absolute atomic E-state index is 0.105. The smallest absolute Gasteiger partial charge is 0.462 e. The van der Waals surface area contributed by atoms with Gasteiger partial charge in [-0.3, -0.25) is 37.3 Å². The van der Waals surface area contributed by atoms with E-state index in [4.69, 9.17) is 37.0 Å². The van der Waals surface area contributed by atoms with Gasteiger partial charge >= 0.3 is 39.5 Å². The third-order valence-corrected chi connectivity index (χ3v) is 15.9. The van der Waals surface area contributed by atoms with Crippen LogP contribution in [-0.4, -0.2) is 96.7 Å². The number of phosphoric ester groups is 2. The molecule has 0 amide bonds. The van der Waals surface area contributed by atoms with E-state index in [9.17, 15) is 43.2 Å². The molecule has 0 rings (SSSR count). The maximum absolute atomic E-state index is 12.9. The Kier molecular flexibility index (Phi) is 53.6. The number of rotatable bonds is 61. The lowest BCUT2D eigenvalue weighted by atomic mass is 10.0. The van der Waals surface area contributed by atoms with Crippen LogP contribution >= 0.6 is 15.6 Å². The van der Waals surface area contributed by atoms with Crippen molar-refractivity contribution >= 4 is 39.5 Å². The normalized spacial score (nSPS) is 14.3. The van der Waals surface area contributed by atoms with Crippen molar-refractivity contribution in [2.24, 2.45) is 5.92 Å². The highest BCUT2D eigenvalue weighted by atomic mass is 31.2. The molecule has 0 aliphatic heterocycles. The molecular weight excluding hydrogens is 1070 g/mol. The summed E-state index contributed by atoms with van der Waals surface area (Å²) < 4.78 is 67.8. The quantitative estimate of drug-likeness (QED) is 0.0222. The van der Waals surface area contributed by atoms with Gasteiger partial charge in [-0.25, -0.2) is 9.13 Å². The van der Waals surface area contributed by atoms with Crippen LogP contribution in [-0.2, 0) is 65.4 Å². The number of hydrogen-bond acceptors (Lipinski definition) is 15. The summed E-state index contributed by atoms with van der Waals surface area (Å²) >= 11 is 0. The molecule has 0 radical (unpaired) electrons. The van der Waals surface area contributed by atoms with E-state index in [1.807, 2.05) is 0 Å². The van der Waals surface area contributed by atoms with Crippen molar-refractivity contribution in [2.75, 3.05) is 39.6 Å². The Morgan fingerprint density at radius 1 is 0.338 bits per heavy atom. The molecule has 0 aromatic heterocycles. The number of esters is 4. The minimum Gasteiger partial charge on any atom is -0.462 e. The summed E-state index contributed by atoms with van der Waals surface area (Å²) in [7, 11) is -9.87. The van der Waals surface area contributed by atoms with Crippen molar-refractivity contribution < 1.29 is 80.2 Å². The molecule has 17 nitrogen and oxygen atoms in total. The molecule has 0 aromatic rings. The Morgan fingerprint density at radius 2 is 0.575 bits per heavy atom. The van der Waals surface area contributed by atoms with E-state index in [-0.39, 0.29) is 25.7 Å². The highest BCUT2D eigenvalue weighted by Gasteiger charge is 2.30. The highest BCUT2D eigenvalue weighted by Crippen LogP contribution is 2.45. The molecule has 80 heavy (non-hydrogen) atoms. The predicted molar refractivity (Wildman–Crippen MR) is 317 cm³/mol. The first-order valence-electron chi connectivity index (χ1n) is 32.1. The molecule has 0 bridgehead atoms. The van der Waals surface area contributed by atoms with Crippen molar-refractivity contribution in [2.45, 2.75) is 323 Å². The van der Waals surface area contributed by atoms with E-state index < -0.39 is 97.5 Å². The monoisotopic (exact) mass is 1180 g/mol. The molecule has 474 valence electrons. The number of phosphoric acid groups is 2. The average Bonchev–Trinajstić information content (AvgIpc) is 3.42. The van der Waals surface area contributed by atoms with Gasteiger partial charge in [0.05, 0.1) is 26.4 Å². The predicted octanol–water partition coefficient (Wildman–Crippen LogP) is 16.6. The van der Waals surface area contributed by atoms with E-state index in [0.717, 1.165) is 109 Å². The zero-order valence-electron chi connectivity index (χ0n) is 51.2. The number of aliphatic hydroxyl groups is 1. The second-order valence-electron chi connectivity index (χ2n) is 22.6. The van der Waals surface area contributed by atoms with Crippen LogP contribution in [0.15, 0.2) is 0 Å². The molecule has 0 fully saturated rings. The Hall–Kier alpha value is -1.94. The summed E-state index contributed by atoms with van der Waals surface area (Å²) in [5.74, 6) is -1.39. The first-order valence-corrected chi connectivity index (χ1v) is 35.1. The number of ether oxygens (including phenoxy) is 4. The van der Waals surface area contributed by atoms with Gasteiger partial charge in [-0.05, 0) is 31.6 Å². The zero-order chi connectivity index (χ0) is 59.2. The Balaban J connectivity index is 5.21. The lowest BCUT2D eigenvalue weighted by molar-refractivity contribution is -0.161. The van der Waals surface area contributed by atoms with Gasteiger partial charge in [0, 0.05) is 25.7 Å². The molecule has 0 aliphatic carbocycles. The molecule has 3 N–H and O–H groups in total. The van der Waals surface area contributed by atoms with Crippen LogP contribution < -0.4 is 0 Å². The van der Waals surface area contributed by atoms with Gasteiger partial charge in [0.15, 0.2) is 12.2 Å². The highest BCUT2D eigenvalue weighted by molar-refractivity contribution is 7.47. The summed E-state index contributed by atoms with van der Waals surface area (Å²) in [5.41, 5.74) is 0. The van der Waals surface area contributed by atoms with Crippen LogP contribution in [0.25, 0.3) is 0 Å². The number of aliphatic hydroxyl groups excluding tert-OH is 1. The van der Waals surface area contributed by atoms with Crippen LogP contribution in [0.2, 0.25) is 0 Å². The number of unbranched alkanes of at least 4 members (excludes halogenated alkanes) is 33. The lowest BCUT2D eigenvalue weighted by Gasteiger charge is -2.21. The van der Waals surface area contributed by atoms with Gasteiger partial charge in [-0.1, -0.05) is 253 Å². The van der Waals surface area contributed by atoms with E-state index in [1.165, 1.54) is 116 Å². The van der Waals surface area contributed by atoms with Gasteiger partial charge in [0.2, 0.25) is 0 Å². The summed E-state index contributed by atoms with van der Waals surface area (Å²) in [5, 5.41) is 10.5. The van der Waals surface area contributed by atoms with Gasteiger partial charge in [0.25, 0.3) is 0 Å². The van der Waals surface area contributed by atoms with Crippen LogP contribution in [0.5, 0.6) is 0 Å². The van der Waals surface area contributed by atoms with Crippen LogP contribution in [0.1, 0.15) is 304 Å². The fourth-order valence-electron chi connectivity index (χ4n) is 9.05. The van der Waals surface area contributed by atoms with E-state index >= 15 is 0 Å². The zero-order valence-corrected chi connectivity index (χ0v) is 53.0. The molecule has 2 unspecified atom stereocenters. The van der Waals surface area contributed by atoms with Gasteiger partial charge in [-0.15, -0.1) is 0 Å². The second-order valence-corrected chi connectivity index (χ2v) is 25.5. The molecule has 0 aromatic carbocycles. The molecule has 0 aliphatic rings. The molecule has 0 saturated heterocycles. The largest absolute Gasteiger partial charge is 0.472 e. The number of carbonyl (C=O) groups is 4. The number of hydrogen-bond donors (Lipinski definition) is 3. The molecule has 19 heteroatoms. The fourth-order valence-corrected chi connectivity index (χ4v) is 10.6. The number of carbonyl (C=O) groups excluding carboxylic acids is 4. The van der Waals surface area contributed by atoms with E-state index in [0.29, 0.717) is 25.7 Å². The van der Waals surface area contributed by atoms with E-state index in [1.54, 1.807) is 0 Å². The maximum atomic E-state index is 12.9. The third kappa shape index (κ3) is 55.3. The topological polar surface area (TPSA) is 237 Å². The fraction of sp³-hybridized carbons (Fsp3) is 0.934. The Bertz CT molecular complexity index is 1570. The maximum Gasteiger partial charge on any atom is 0.472 e. The SMILES string of the molecule is CCCCCCCCCCCCCC(=O)OC[C@H](COP(=O)(O)OC[C@@H](O)COP(=O)(O)OC[C@@H](COC(=O)CCCCCCCCCC)OC(=O)CCCCCCCCCC)OC(=O)CCCCCCCCCCCCC(C)C. The first-order chi connectivity index (χ1) is 38.5. The summed E-state index contributed by atoms with van der Waals surface area (Å²) in [6.07, 6.45) is 37.6. The molecule has 5 atom stereocenters. The summed E-state index contributed by atoms with van der Waals surface area (Å²) in [6.45, 7) is 7.11. The van der Waals surface area contributed by atoms with Crippen LogP contribution in [0, 0.1) is 5.92 Å². The molecule has 0 spiro atoms. The van der Waals surface area contributed by atoms with Crippen LogP contribution in [0.3, 0.4) is 0 Å². The Morgan fingerprint density at radius 3 is 0.850 bits per heavy atom. The minimum atomic E-state index is -4.94. The second kappa shape index (κ2) is 55.0. The van der Waals surface area contributed by atoms with Crippen molar-refractivity contribution in [1.82, 2.24) is 0 Å². The first kappa shape index (κ1) is 78.1. The average molecular weight is 1190 g/mol. The van der Waals surface area contributed by atoms with Gasteiger partial charge in [-0.2, -0.15) is 0 Å². The van der Waals surface area contributed by atoms with Crippen molar-refractivity contribution in [3.8, 4) is 0 Å². The van der Waals surface area contributed by atoms with Crippen molar-refractivity contribution in [3.63, 3.8) is 0 Å². The molecule has 0 saturated carbocycles. The van der Waals surface area contributed by atoms with Gasteiger partial charge < -0.3 is 33.8 Å². The Labute approximate surface area is 486 Å².